The number of nitrogens with zero attached hydrogens (tertiary/aromatic N) is 2. The Morgan fingerprint density at radius 1 is 1.07 bits per heavy atom. The van der Waals surface area contributed by atoms with E-state index in [1.807, 2.05) is 19.1 Å². The molecule has 0 radical (unpaired) electrons. The molecule has 1 amide bonds. The lowest BCUT2D eigenvalue weighted by Crippen LogP contribution is -2.39. The first-order valence-electron chi connectivity index (χ1n) is 8.74. The molecule has 1 aliphatic carbocycles. The van der Waals surface area contributed by atoms with E-state index < -0.39 is 17.8 Å². The average Bonchev–Trinajstić information content (AvgIpc) is 2.64. The van der Waals surface area contributed by atoms with E-state index in [1.54, 1.807) is 6.20 Å². The number of aryl methyl sites for hydroxylation is 1. The molecule has 3 rings (SSSR count). The van der Waals surface area contributed by atoms with E-state index in [1.165, 1.54) is 0 Å². The summed E-state index contributed by atoms with van der Waals surface area (Å²) >= 11 is 0. The quantitative estimate of drug-likeness (QED) is 0.875. The molecule has 0 atom stereocenters. The fourth-order valence-electron chi connectivity index (χ4n) is 2.98. The number of carbonyl (C=O) groups is 1. The first kappa shape index (κ1) is 19.1. The standard InChI is InChI=1S/C19H20F3N3O2/c1-12-2-9-17(24-10-12)27-15-6-4-14(5-7-15)25-18(26)13-3-8-16(23-11-13)19(20,21)22/h2-3,8-11,14-15H,4-7H2,1H3,(H,25,26). The summed E-state index contributed by atoms with van der Waals surface area (Å²) in [5.74, 6) is 0.171. The summed E-state index contributed by atoms with van der Waals surface area (Å²) in [4.78, 5) is 19.7. The molecule has 0 bridgehead atoms. The predicted molar refractivity (Wildman–Crippen MR) is 92.4 cm³/mol. The fourth-order valence-corrected chi connectivity index (χ4v) is 2.98. The summed E-state index contributed by atoms with van der Waals surface area (Å²) in [6.07, 6.45) is 1.24. The molecule has 0 unspecified atom stereocenters. The summed E-state index contributed by atoms with van der Waals surface area (Å²) in [5.41, 5.74) is 0.165. The Labute approximate surface area is 155 Å². The normalized spacial score (nSPS) is 20.1. The van der Waals surface area contributed by atoms with Gasteiger partial charge in [-0.3, -0.25) is 9.78 Å². The highest BCUT2D eigenvalue weighted by atomic mass is 19.4. The third kappa shape index (κ3) is 5.18. The summed E-state index contributed by atoms with van der Waals surface area (Å²) in [5, 5.41) is 2.85. The smallest absolute Gasteiger partial charge is 0.433 e. The zero-order chi connectivity index (χ0) is 19.4. The van der Waals surface area contributed by atoms with E-state index in [2.05, 4.69) is 15.3 Å². The van der Waals surface area contributed by atoms with Crippen LogP contribution < -0.4 is 10.1 Å². The number of aromatic nitrogens is 2. The lowest BCUT2D eigenvalue weighted by atomic mass is 9.92. The number of ether oxygens (including phenoxy) is 1. The van der Waals surface area contributed by atoms with Crippen molar-refractivity contribution in [2.45, 2.75) is 50.9 Å². The van der Waals surface area contributed by atoms with Crippen LogP contribution in [-0.2, 0) is 6.18 Å². The summed E-state index contributed by atoms with van der Waals surface area (Å²) < 4.78 is 43.4. The highest BCUT2D eigenvalue weighted by molar-refractivity contribution is 5.94. The Kier molecular flexibility index (Phi) is 5.62. The molecule has 27 heavy (non-hydrogen) atoms. The molecule has 1 aliphatic rings. The van der Waals surface area contributed by atoms with Crippen molar-refractivity contribution < 1.29 is 22.7 Å². The first-order valence-corrected chi connectivity index (χ1v) is 8.74. The topological polar surface area (TPSA) is 64.1 Å². The molecule has 0 aromatic carbocycles. The van der Waals surface area contributed by atoms with Gasteiger partial charge in [0.2, 0.25) is 5.88 Å². The summed E-state index contributed by atoms with van der Waals surface area (Å²) in [6.45, 7) is 1.96. The zero-order valence-corrected chi connectivity index (χ0v) is 14.8. The number of halogens is 3. The van der Waals surface area contributed by atoms with Gasteiger partial charge in [0.05, 0.1) is 5.56 Å². The van der Waals surface area contributed by atoms with E-state index in [9.17, 15) is 18.0 Å². The molecule has 8 heteroatoms. The number of rotatable bonds is 4. The van der Waals surface area contributed by atoms with Gasteiger partial charge in [0.1, 0.15) is 11.8 Å². The van der Waals surface area contributed by atoms with Gasteiger partial charge in [0.25, 0.3) is 5.91 Å². The van der Waals surface area contributed by atoms with Crippen molar-refractivity contribution in [3.8, 4) is 5.88 Å². The van der Waals surface area contributed by atoms with Gasteiger partial charge in [-0.1, -0.05) is 6.07 Å². The first-order chi connectivity index (χ1) is 12.8. The maximum absolute atomic E-state index is 12.5. The van der Waals surface area contributed by atoms with Gasteiger partial charge < -0.3 is 10.1 Å². The lowest BCUT2D eigenvalue weighted by Gasteiger charge is -2.29. The molecule has 2 heterocycles. The van der Waals surface area contributed by atoms with Gasteiger partial charge in [0.15, 0.2) is 0 Å². The summed E-state index contributed by atoms with van der Waals surface area (Å²) in [7, 11) is 0. The van der Waals surface area contributed by atoms with Gasteiger partial charge >= 0.3 is 6.18 Å². The van der Waals surface area contributed by atoms with Crippen LogP contribution in [0.15, 0.2) is 36.7 Å². The molecular formula is C19H20F3N3O2. The molecule has 1 saturated carbocycles. The van der Waals surface area contributed by atoms with Crippen molar-refractivity contribution >= 4 is 5.91 Å². The highest BCUT2D eigenvalue weighted by Crippen LogP contribution is 2.27. The van der Waals surface area contributed by atoms with Crippen molar-refractivity contribution in [3.63, 3.8) is 0 Å². The SMILES string of the molecule is Cc1ccc(OC2CCC(NC(=O)c3ccc(C(F)(F)F)nc3)CC2)nc1. The molecule has 0 aliphatic heterocycles. The number of alkyl halides is 3. The Balaban J connectivity index is 1.48. The van der Waals surface area contributed by atoms with Gasteiger partial charge in [-0.05, 0) is 50.3 Å². The Morgan fingerprint density at radius 2 is 1.81 bits per heavy atom. The minimum Gasteiger partial charge on any atom is -0.474 e. The second-order valence-corrected chi connectivity index (χ2v) is 6.67. The van der Waals surface area contributed by atoms with Crippen LogP contribution in [0.25, 0.3) is 0 Å². The van der Waals surface area contributed by atoms with Gasteiger partial charge in [-0.25, -0.2) is 4.98 Å². The van der Waals surface area contributed by atoms with Crippen molar-refractivity contribution in [2.75, 3.05) is 0 Å². The van der Waals surface area contributed by atoms with E-state index >= 15 is 0 Å². The number of amides is 1. The van der Waals surface area contributed by atoms with Crippen molar-refractivity contribution in [1.82, 2.24) is 15.3 Å². The third-order valence-electron chi connectivity index (χ3n) is 4.50. The number of hydrogen-bond donors (Lipinski definition) is 1. The van der Waals surface area contributed by atoms with Crippen LogP contribution in [-0.4, -0.2) is 28.0 Å². The molecule has 144 valence electrons. The highest BCUT2D eigenvalue weighted by Gasteiger charge is 2.32. The third-order valence-corrected chi connectivity index (χ3v) is 4.50. The van der Waals surface area contributed by atoms with E-state index in [0.717, 1.165) is 49.6 Å². The second kappa shape index (κ2) is 7.94. The Morgan fingerprint density at radius 3 is 2.37 bits per heavy atom. The fraction of sp³-hybridized carbons (Fsp3) is 0.421. The van der Waals surface area contributed by atoms with Crippen LogP contribution in [0.2, 0.25) is 0 Å². The largest absolute Gasteiger partial charge is 0.474 e. The van der Waals surface area contributed by atoms with Gasteiger partial charge in [0, 0.05) is 24.5 Å². The Bertz CT molecular complexity index is 768. The van der Waals surface area contributed by atoms with E-state index in [4.69, 9.17) is 4.74 Å². The van der Waals surface area contributed by atoms with Crippen LogP contribution in [0.3, 0.4) is 0 Å². The van der Waals surface area contributed by atoms with E-state index in [-0.39, 0.29) is 17.7 Å². The molecule has 1 N–H and O–H groups in total. The van der Waals surface area contributed by atoms with E-state index in [0.29, 0.717) is 5.88 Å². The lowest BCUT2D eigenvalue weighted by molar-refractivity contribution is -0.141. The molecule has 2 aromatic heterocycles. The number of nitrogens with one attached hydrogen (secondary N) is 1. The van der Waals surface area contributed by atoms with Gasteiger partial charge in [-0.2, -0.15) is 13.2 Å². The molecule has 0 saturated heterocycles. The van der Waals surface area contributed by atoms with Gasteiger partial charge in [-0.15, -0.1) is 0 Å². The van der Waals surface area contributed by atoms with Crippen LogP contribution in [0.1, 0.15) is 47.3 Å². The van der Waals surface area contributed by atoms with Crippen LogP contribution in [0.5, 0.6) is 5.88 Å². The molecule has 0 spiro atoms. The van der Waals surface area contributed by atoms with Crippen molar-refractivity contribution in [1.29, 1.82) is 0 Å². The van der Waals surface area contributed by atoms with Crippen LogP contribution in [0, 0.1) is 6.92 Å². The average molecular weight is 379 g/mol. The number of carbonyl (C=O) groups excluding carboxylic acids is 1. The number of pyridine rings is 2. The van der Waals surface area contributed by atoms with Crippen molar-refractivity contribution in [3.05, 3.63) is 53.5 Å². The van der Waals surface area contributed by atoms with Crippen LogP contribution >= 0.6 is 0 Å². The molecule has 5 nitrogen and oxygen atoms in total. The second-order valence-electron chi connectivity index (χ2n) is 6.67. The maximum Gasteiger partial charge on any atom is 0.433 e. The van der Waals surface area contributed by atoms with Crippen LogP contribution in [0.4, 0.5) is 13.2 Å². The minimum atomic E-state index is -4.51. The molecule has 2 aromatic rings. The summed E-state index contributed by atoms with van der Waals surface area (Å²) in [6, 6.07) is 5.69. The number of hydrogen-bond acceptors (Lipinski definition) is 4. The van der Waals surface area contributed by atoms with Crippen molar-refractivity contribution in [2.24, 2.45) is 0 Å². The Hall–Kier alpha value is -2.64. The monoisotopic (exact) mass is 379 g/mol. The predicted octanol–water partition coefficient (Wildman–Crippen LogP) is 3.92. The zero-order valence-electron chi connectivity index (χ0n) is 14.8. The molecular weight excluding hydrogens is 359 g/mol. The minimum absolute atomic E-state index is 0.0365. The molecule has 1 fully saturated rings. The maximum atomic E-state index is 12.5.